The number of halogens is 1. The molecule has 1 aliphatic heterocycles. The van der Waals surface area contributed by atoms with Crippen LogP contribution in [0.1, 0.15) is 0 Å². The van der Waals surface area contributed by atoms with Crippen molar-refractivity contribution in [1.29, 1.82) is 0 Å². The van der Waals surface area contributed by atoms with Gasteiger partial charge in [0, 0.05) is 0 Å². The number of hydrogen-bond donors (Lipinski definition) is 1. The van der Waals surface area contributed by atoms with E-state index < -0.39 is 0 Å². The average molecular weight is 216 g/mol. The Morgan fingerprint density at radius 3 is 2.50 bits per heavy atom. The quantitative estimate of drug-likeness (QED) is 0.617. The van der Waals surface area contributed by atoms with Crippen molar-refractivity contribution in [3.05, 3.63) is 30.1 Å². The molecule has 1 heterocycles. The Hall–Kier alpha value is -0.740. The van der Waals surface area contributed by atoms with Crippen LogP contribution < -0.4 is 4.74 Å². The highest BCUT2D eigenvalue weighted by Gasteiger charge is 2.22. The van der Waals surface area contributed by atoms with Gasteiger partial charge in [-0.05, 0) is 30.5 Å². The third-order valence-corrected chi connectivity index (χ3v) is 1.65. The third kappa shape index (κ3) is 3.98. The summed E-state index contributed by atoms with van der Waals surface area (Å²) >= 11 is 3.53. The molecule has 0 bridgehead atoms. The predicted octanol–water partition coefficient (Wildman–Crippen LogP) is 2.15. The molecule has 1 aromatic carbocycles. The van der Waals surface area contributed by atoms with Crippen molar-refractivity contribution in [1.82, 2.24) is 0 Å². The van der Waals surface area contributed by atoms with Gasteiger partial charge >= 0.3 is 0 Å². The van der Waals surface area contributed by atoms with Crippen LogP contribution in [0.25, 0.3) is 0 Å². The Balaban J connectivity index is 0.000000461. The molecule has 0 radical (unpaired) electrons. The van der Waals surface area contributed by atoms with Crippen LogP contribution in [0.2, 0.25) is 0 Å². The Bertz CT molecular complexity index is 259. The molecule has 78 valence electrons. The molecule has 0 N–H and O–H groups in total. The largest absolute Gasteiger partial charge is 0.491 e. The summed E-state index contributed by atoms with van der Waals surface area (Å²) in [5.74, 6) is 0.442. The second-order valence-corrected chi connectivity index (χ2v) is 2.72. The number of hydrogen-bond acceptors (Lipinski definition) is 3. The molecule has 1 unspecified atom stereocenters. The van der Waals surface area contributed by atoms with Crippen LogP contribution in [0.3, 0.4) is 0 Å². The van der Waals surface area contributed by atoms with Crippen LogP contribution in [0, 0.1) is 5.82 Å². The zero-order chi connectivity index (χ0) is 10.4. The first kappa shape index (κ1) is 11.3. The Morgan fingerprint density at radius 1 is 1.43 bits per heavy atom. The minimum atomic E-state index is -0.245. The van der Waals surface area contributed by atoms with Crippen molar-refractivity contribution in [2.24, 2.45) is 0 Å². The van der Waals surface area contributed by atoms with Gasteiger partial charge in [-0.15, -0.1) is 0 Å². The van der Waals surface area contributed by atoms with E-state index >= 15 is 0 Å². The van der Waals surface area contributed by atoms with E-state index in [9.17, 15) is 4.39 Å². The highest BCUT2D eigenvalue weighted by atomic mass is 32.1. The van der Waals surface area contributed by atoms with Crippen LogP contribution in [-0.2, 0) is 4.74 Å². The summed E-state index contributed by atoms with van der Waals surface area (Å²) in [5.41, 5.74) is 0. The molecule has 1 atom stereocenters. The molecule has 0 spiro atoms. The first-order valence-corrected chi connectivity index (χ1v) is 5.19. The van der Waals surface area contributed by atoms with Crippen molar-refractivity contribution in [2.45, 2.75) is 6.10 Å². The molecule has 0 saturated carbocycles. The van der Waals surface area contributed by atoms with Crippen LogP contribution in [0.15, 0.2) is 24.3 Å². The molecule has 1 saturated heterocycles. The van der Waals surface area contributed by atoms with Gasteiger partial charge in [0.25, 0.3) is 0 Å². The number of thiol groups is 1. The van der Waals surface area contributed by atoms with E-state index in [0.29, 0.717) is 12.4 Å². The summed E-state index contributed by atoms with van der Waals surface area (Å²) in [5, 5.41) is 0. The zero-order valence-corrected chi connectivity index (χ0v) is 8.84. The van der Waals surface area contributed by atoms with Gasteiger partial charge in [-0.1, -0.05) is 0 Å². The van der Waals surface area contributed by atoms with E-state index in [1.807, 2.05) is 0 Å². The summed E-state index contributed by atoms with van der Waals surface area (Å²) in [4.78, 5) is 0. The van der Waals surface area contributed by atoms with Crippen molar-refractivity contribution in [3.63, 3.8) is 0 Å². The average Bonchev–Trinajstić information content (AvgIpc) is 3.04. The predicted molar refractivity (Wildman–Crippen MR) is 56.5 cm³/mol. The lowest BCUT2D eigenvalue weighted by Gasteiger charge is -2.02. The molecule has 1 aromatic rings. The Morgan fingerprint density at radius 2 is 2.00 bits per heavy atom. The normalized spacial score (nSPS) is 18.1. The molecule has 0 aromatic heterocycles. The lowest BCUT2D eigenvalue weighted by molar-refractivity contribution is 0.263. The standard InChI is InChI=1S/C9H9FO2.CH4S/c10-7-1-3-8(4-2-7)11-5-9-6-12-9;1-2/h1-4,9H,5-6H2;2H,1H3. The maximum Gasteiger partial charge on any atom is 0.123 e. The maximum atomic E-state index is 12.4. The Kier molecular flexibility index (Phi) is 4.76. The number of benzene rings is 1. The number of epoxide rings is 1. The lowest BCUT2D eigenvalue weighted by atomic mass is 10.3. The molecule has 0 aliphatic carbocycles. The van der Waals surface area contributed by atoms with Gasteiger partial charge in [-0.2, -0.15) is 12.6 Å². The first-order chi connectivity index (χ1) is 6.84. The van der Waals surface area contributed by atoms with Crippen LogP contribution in [0.5, 0.6) is 5.75 Å². The van der Waals surface area contributed by atoms with E-state index in [1.165, 1.54) is 12.1 Å². The number of rotatable bonds is 3. The van der Waals surface area contributed by atoms with Crippen molar-refractivity contribution in [3.8, 4) is 5.75 Å². The van der Waals surface area contributed by atoms with Crippen molar-refractivity contribution >= 4 is 12.6 Å². The van der Waals surface area contributed by atoms with E-state index in [0.717, 1.165) is 6.61 Å². The van der Waals surface area contributed by atoms with E-state index in [1.54, 1.807) is 18.4 Å². The number of ether oxygens (including phenoxy) is 2. The molecule has 2 nitrogen and oxygen atoms in total. The fraction of sp³-hybridized carbons (Fsp3) is 0.400. The smallest absolute Gasteiger partial charge is 0.123 e. The highest BCUT2D eigenvalue weighted by molar-refractivity contribution is 7.79. The molecule has 1 aliphatic rings. The van der Waals surface area contributed by atoms with E-state index in [-0.39, 0.29) is 11.9 Å². The van der Waals surface area contributed by atoms with Gasteiger partial charge in [-0.3, -0.25) is 0 Å². The Labute approximate surface area is 88.4 Å². The molecular formula is C10H13FO2S. The van der Waals surface area contributed by atoms with Gasteiger partial charge in [0.05, 0.1) is 6.61 Å². The molecule has 14 heavy (non-hydrogen) atoms. The van der Waals surface area contributed by atoms with Crippen molar-refractivity contribution < 1.29 is 13.9 Å². The molecular weight excluding hydrogens is 203 g/mol. The van der Waals surface area contributed by atoms with Crippen LogP contribution in [-0.4, -0.2) is 25.6 Å². The zero-order valence-electron chi connectivity index (χ0n) is 7.94. The third-order valence-electron chi connectivity index (χ3n) is 1.65. The summed E-state index contributed by atoms with van der Waals surface area (Å²) in [6.07, 6.45) is 1.94. The molecule has 2 rings (SSSR count). The van der Waals surface area contributed by atoms with Crippen molar-refractivity contribution in [2.75, 3.05) is 19.5 Å². The topological polar surface area (TPSA) is 21.8 Å². The van der Waals surface area contributed by atoms with E-state index in [4.69, 9.17) is 9.47 Å². The fourth-order valence-corrected chi connectivity index (χ4v) is 0.884. The molecule has 1 fully saturated rings. The summed E-state index contributed by atoms with van der Waals surface area (Å²) in [7, 11) is 0. The highest BCUT2D eigenvalue weighted by Crippen LogP contribution is 2.14. The van der Waals surface area contributed by atoms with Gasteiger partial charge < -0.3 is 9.47 Å². The second-order valence-electron chi connectivity index (χ2n) is 2.72. The van der Waals surface area contributed by atoms with Gasteiger partial charge in [0.1, 0.15) is 24.3 Å². The summed E-state index contributed by atoms with van der Waals surface area (Å²) < 4.78 is 22.7. The van der Waals surface area contributed by atoms with Gasteiger partial charge in [0.15, 0.2) is 0 Å². The minimum Gasteiger partial charge on any atom is -0.491 e. The second kappa shape index (κ2) is 5.88. The SMILES string of the molecule is CS.Fc1ccc(OCC2CO2)cc1. The van der Waals surface area contributed by atoms with Crippen LogP contribution in [0.4, 0.5) is 4.39 Å². The molecule has 0 amide bonds. The lowest BCUT2D eigenvalue weighted by Crippen LogP contribution is -2.03. The maximum absolute atomic E-state index is 12.4. The summed E-state index contributed by atoms with van der Waals surface area (Å²) in [6.45, 7) is 1.34. The van der Waals surface area contributed by atoms with Crippen LogP contribution >= 0.6 is 12.6 Å². The van der Waals surface area contributed by atoms with Gasteiger partial charge in [0.2, 0.25) is 0 Å². The minimum absolute atomic E-state index is 0.245. The first-order valence-electron chi connectivity index (χ1n) is 4.29. The van der Waals surface area contributed by atoms with E-state index in [2.05, 4.69) is 12.6 Å². The fourth-order valence-electron chi connectivity index (χ4n) is 0.884. The van der Waals surface area contributed by atoms with Gasteiger partial charge in [-0.25, -0.2) is 4.39 Å². The molecule has 4 heteroatoms. The summed E-state index contributed by atoms with van der Waals surface area (Å²) in [6, 6.07) is 5.97. The monoisotopic (exact) mass is 216 g/mol.